The maximum atomic E-state index is 12.4. The Bertz CT molecular complexity index is 532. The third kappa shape index (κ3) is 2.98. The summed E-state index contributed by atoms with van der Waals surface area (Å²) in [6, 6.07) is 16.9. The van der Waals surface area contributed by atoms with Gasteiger partial charge in [-0.05, 0) is 31.2 Å². The zero-order valence-corrected chi connectivity index (χ0v) is 10.9. The molecule has 0 fully saturated rings. The van der Waals surface area contributed by atoms with Gasteiger partial charge >= 0.3 is 0 Å². The smallest absolute Gasteiger partial charge is 0.274 e. The molecule has 88 valence electrons. The highest BCUT2D eigenvalue weighted by molar-refractivity contribution is 7.66. The molecule has 0 heterocycles. The minimum atomic E-state index is -2.78. The second kappa shape index (κ2) is 4.77. The van der Waals surface area contributed by atoms with Gasteiger partial charge in [-0.2, -0.15) is 0 Å². The first-order chi connectivity index (χ1) is 8.08. The molecule has 0 radical (unpaired) electrons. The zero-order chi connectivity index (χ0) is 12.3. The number of hydrogen-bond donors (Lipinski definition) is 0. The van der Waals surface area contributed by atoms with Crippen LogP contribution in [0.5, 0.6) is 5.75 Å². The standard InChI is InChI=1S/C14H15O2P/c1-12-8-10-13(11-9-12)16-17(2,15)14-6-4-3-5-7-14/h3-11H,1-2H3. The van der Waals surface area contributed by atoms with Crippen molar-refractivity contribution in [3.63, 3.8) is 0 Å². The molecule has 2 nitrogen and oxygen atoms in total. The summed E-state index contributed by atoms with van der Waals surface area (Å²) < 4.78 is 18.0. The quantitative estimate of drug-likeness (QED) is 0.773. The van der Waals surface area contributed by atoms with Crippen molar-refractivity contribution in [1.29, 1.82) is 0 Å². The van der Waals surface area contributed by atoms with Gasteiger partial charge < -0.3 is 4.52 Å². The normalized spacial score (nSPS) is 14.0. The number of hydrogen-bond acceptors (Lipinski definition) is 2. The molecule has 2 aromatic carbocycles. The second-order valence-corrected chi connectivity index (χ2v) is 6.48. The van der Waals surface area contributed by atoms with Gasteiger partial charge in [-0.3, -0.25) is 4.57 Å². The largest absolute Gasteiger partial charge is 0.440 e. The summed E-state index contributed by atoms with van der Waals surface area (Å²) in [6.07, 6.45) is 0. The summed E-state index contributed by atoms with van der Waals surface area (Å²) >= 11 is 0. The maximum absolute atomic E-state index is 12.4. The summed E-state index contributed by atoms with van der Waals surface area (Å²) in [5, 5.41) is 0.737. The van der Waals surface area contributed by atoms with E-state index in [2.05, 4.69) is 0 Å². The van der Waals surface area contributed by atoms with E-state index in [4.69, 9.17) is 4.52 Å². The van der Waals surface area contributed by atoms with Crippen LogP contribution < -0.4 is 9.83 Å². The Hall–Kier alpha value is -1.53. The SMILES string of the molecule is Cc1ccc(OP(C)(=O)c2ccccc2)cc1. The predicted octanol–water partition coefficient (Wildman–Crippen LogP) is 3.61. The van der Waals surface area contributed by atoms with Crippen molar-refractivity contribution >= 4 is 12.7 Å². The molecule has 1 unspecified atom stereocenters. The first-order valence-electron chi connectivity index (χ1n) is 5.47. The van der Waals surface area contributed by atoms with Crippen molar-refractivity contribution in [3.8, 4) is 5.75 Å². The van der Waals surface area contributed by atoms with E-state index in [1.165, 1.54) is 0 Å². The average Bonchev–Trinajstić information content (AvgIpc) is 2.33. The topological polar surface area (TPSA) is 26.3 Å². The summed E-state index contributed by atoms with van der Waals surface area (Å²) in [5.41, 5.74) is 1.16. The van der Waals surface area contributed by atoms with Gasteiger partial charge in [-0.1, -0.05) is 35.9 Å². The van der Waals surface area contributed by atoms with Crippen LogP contribution in [0.15, 0.2) is 54.6 Å². The highest BCUT2D eigenvalue weighted by atomic mass is 31.2. The molecule has 0 N–H and O–H groups in total. The van der Waals surface area contributed by atoms with Gasteiger partial charge in [0.2, 0.25) is 0 Å². The van der Waals surface area contributed by atoms with Crippen molar-refractivity contribution in [2.45, 2.75) is 6.92 Å². The molecule has 0 bridgehead atoms. The van der Waals surface area contributed by atoms with Gasteiger partial charge in [-0.25, -0.2) is 0 Å². The Morgan fingerprint density at radius 3 is 2.12 bits per heavy atom. The average molecular weight is 246 g/mol. The molecular weight excluding hydrogens is 231 g/mol. The molecule has 0 amide bonds. The van der Waals surface area contributed by atoms with Gasteiger partial charge in [-0.15, -0.1) is 0 Å². The molecule has 0 spiro atoms. The van der Waals surface area contributed by atoms with Gasteiger partial charge in [0, 0.05) is 12.0 Å². The monoisotopic (exact) mass is 246 g/mol. The van der Waals surface area contributed by atoms with Crippen LogP contribution in [-0.4, -0.2) is 6.66 Å². The van der Waals surface area contributed by atoms with Crippen LogP contribution in [0.4, 0.5) is 0 Å². The van der Waals surface area contributed by atoms with E-state index in [9.17, 15) is 4.57 Å². The fourth-order valence-corrected chi connectivity index (χ4v) is 2.89. The van der Waals surface area contributed by atoms with Gasteiger partial charge in [0.1, 0.15) is 5.75 Å². The molecular formula is C14H15O2P. The highest BCUT2D eigenvalue weighted by Crippen LogP contribution is 2.41. The molecule has 2 rings (SSSR count). The highest BCUT2D eigenvalue weighted by Gasteiger charge is 2.19. The first kappa shape index (κ1) is 11.9. The molecule has 1 atom stereocenters. The van der Waals surface area contributed by atoms with E-state index in [1.54, 1.807) is 6.66 Å². The Morgan fingerprint density at radius 1 is 0.941 bits per heavy atom. The number of benzene rings is 2. The Balaban J connectivity index is 2.23. The van der Waals surface area contributed by atoms with Crippen LogP contribution in [0.1, 0.15) is 5.56 Å². The van der Waals surface area contributed by atoms with Crippen LogP contribution in [-0.2, 0) is 4.57 Å². The minimum Gasteiger partial charge on any atom is -0.440 e. The summed E-state index contributed by atoms with van der Waals surface area (Å²) in [4.78, 5) is 0. The molecule has 2 aromatic rings. The van der Waals surface area contributed by atoms with E-state index in [-0.39, 0.29) is 0 Å². The molecule has 0 aliphatic carbocycles. The Labute approximate surface area is 102 Å². The van der Waals surface area contributed by atoms with Crippen molar-refractivity contribution < 1.29 is 9.09 Å². The first-order valence-corrected chi connectivity index (χ1v) is 7.54. The van der Waals surface area contributed by atoms with Crippen LogP contribution in [0.3, 0.4) is 0 Å². The third-order valence-corrected chi connectivity index (χ3v) is 4.32. The van der Waals surface area contributed by atoms with E-state index < -0.39 is 7.37 Å². The van der Waals surface area contributed by atoms with E-state index in [1.807, 2.05) is 61.5 Å². The van der Waals surface area contributed by atoms with Crippen LogP contribution in [0.25, 0.3) is 0 Å². The fraction of sp³-hybridized carbons (Fsp3) is 0.143. The van der Waals surface area contributed by atoms with Crippen molar-refractivity contribution in [2.24, 2.45) is 0 Å². The Kier molecular flexibility index (Phi) is 3.35. The van der Waals surface area contributed by atoms with Gasteiger partial charge in [0.15, 0.2) is 0 Å². The van der Waals surface area contributed by atoms with Crippen LogP contribution in [0.2, 0.25) is 0 Å². The molecule has 0 saturated carbocycles. The predicted molar refractivity (Wildman–Crippen MR) is 71.4 cm³/mol. The molecule has 0 aliphatic heterocycles. The zero-order valence-electron chi connectivity index (χ0n) is 9.96. The van der Waals surface area contributed by atoms with Crippen molar-refractivity contribution in [2.75, 3.05) is 6.66 Å². The molecule has 17 heavy (non-hydrogen) atoms. The summed E-state index contributed by atoms with van der Waals surface area (Å²) in [5.74, 6) is 0.644. The lowest BCUT2D eigenvalue weighted by Crippen LogP contribution is -2.07. The van der Waals surface area contributed by atoms with Gasteiger partial charge in [0.05, 0.1) is 0 Å². The maximum Gasteiger partial charge on any atom is 0.274 e. The third-order valence-electron chi connectivity index (χ3n) is 2.53. The number of rotatable bonds is 3. The lowest BCUT2D eigenvalue weighted by Gasteiger charge is -2.15. The Morgan fingerprint density at radius 2 is 1.53 bits per heavy atom. The summed E-state index contributed by atoms with van der Waals surface area (Å²) in [7, 11) is -2.78. The van der Waals surface area contributed by atoms with Crippen LogP contribution in [0, 0.1) is 6.92 Å². The lowest BCUT2D eigenvalue weighted by molar-refractivity contribution is 0.498. The fourth-order valence-electron chi connectivity index (χ4n) is 1.55. The second-order valence-electron chi connectivity index (χ2n) is 4.09. The van der Waals surface area contributed by atoms with E-state index in [0.29, 0.717) is 5.75 Å². The summed E-state index contributed by atoms with van der Waals surface area (Å²) in [6.45, 7) is 3.65. The van der Waals surface area contributed by atoms with Crippen LogP contribution >= 0.6 is 7.37 Å². The van der Waals surface area contributed by atoms with Crippen molar-refractivity contribution in [3.05, 3.63) is 60.2 Å². The molecule has 0 saturated heterocycles. The number of aryl methyl sites for hydroxylation is 1. The van der Waals surface area contributed by atoms with E-state index in [0.717, 1.165) is 10.9 Å². The lowest BCUT2D eigenvalue weighted by atomic mass is 10.2. The molecule has 3 heteroatoms. The van der Waals surface area contributed by atoms with Crippen molar-refractivity contribution in [1.82, 2.24) is 0 Å². The van der Waals surface area contributed by atoms with Gasteiger partial charge in [0.25, 0.3) is 7.37 Å². The van der Waals surface area contributed by atoms with E-state index >= 15 is 0 Å². The minimum absolute atomic E-state index is 0.644. The molecule has 0 aromatic heterocycles. The molecule has 0 aliphatic rings.